The Morgan fingerprint density at radius 2 is 1.65 bits per heavy atom. The van der Waals surface area contributed by atoms with Gasteiger partial charge in [0.15, 0.2) is 0 Å². The molecule has 3 rings (SSSR count). The molecule has 0 heterocycles. The fraction of sp³-hybridized carbons (Fsp3) is 0.310. The quantitative estimate of drug-likeness (QED) is 0.161. The second-order valence-corrected chi connectivity index (χ2v) is 13.1. The summed E-state index contributed by atoms with van der Waals surface area (Å²) in [5.74, 6) is -0.845. The monoisotopic (exact) mass is 715 g/mol. The maximum Gasteiger partial charge on any atom is 0.264 e. The highest BCUT2D eigenvalue weighted by atomic mass is 127. The highest BCUT2D eigenvalue weighted by Gasteiger charge is 2.33. The predicted octanol–water partition coefficient (Wildman–Crippen LogP) is 6.52. The zero-order chi connectivity index (χ0) is 29.3. The fourth-order valence-electron chi connectivity index (χ4n) is 4.11. The smallest absolute Gasteiger partial charge is 0.264 e. The number of rotatable bonds is 13. The van der Waals surface area contributed by atoms with Crippen molar-refractivity contribution < 1.29 is 18.0 Å². The molecule has 0 radical (unpaired) electrons. The molecule has 2 amide bonds. The minimum absolute atomic E-state index is 0.000449. The Balaban J connectivity index is 2.04. The molecule has 40 heavy (non-hydrogen) atoms. The van der Waals surface area contributed by atoms with Crippen LogP contribution in [0.3, 0.4) is 0 Å². The summed E-state index contributed by atoms with van der Waals surface area (Å²) in [5, 5.41) is 3.69. The van der Waals surface area contributed by atoms with Crippen molar-refractivity contribution in [3.05, 3.63) is 92.0 Å². The summed E-state index contributed by atoms with van der Waals surface area (Å²) in [4.78, 5) is 28.8. The maximum atomic E-state index is 14.1. The Hall–Kier alpha value is -2.34. The van der Waals surface area contributed by atoms with Crippen LogP contribution >= 0.6 is 45.8 Å². The lowest BCUT2D eigenvalue weighted by Crippen LogP contribution is -2.52. The summed E-state index contributed by atoms with van der Waals surface area (Å²) >= 11 is 14.7. The summed E-state index contributed by atoms with van der Waals surface area (Å²) in [6, 6.07) is 18.9. The number of unbranched alkanes of at least 4 members (excludes halogenated alkanes) is 1. The SMILES string of the molecule is CCCCNC(=O)[C@@H](CC)N(Cc1ccc(Cl)cc1Cl)C(=O)CN(c1ccc(I)cc1)S(=O)(=O)c1ccccc1. The minimum Gasteiger partial charge on any atom is -0.354 e. The first kappa shape index (κ1) is 32.2. The van der Waals surface area contributed by atoms with E-state index in [0.717, 1.165) is 20.7 Å². The van der Waals surface area contributed by atoms with Crippen molar-refractivity contribution in [1.29, 1.82) is 0 Å². The lowest BCUT2D eigenvalue weighted by atomic mass is 10.1. The Morgan fingerprint density at radius 3 is 2.25 bits per heavy atom. The molecule has 0 aliphatic carbocycles. The number of hydrogen-bond donors (Lipinski definition) is 1. The molecule has 3 aromatic rings. The van der Waals surface area contributed by atoms with Gasteiger partial charge in [-0.1, -0.05) is 67.7 Å². The van der Waals surface area contributed by atoms with Gasteiger partial charge in [-0.15, -0.1) is 0 Å². The molecule has 3 aromatic carbocycles. The summed E-state index contributed by atoms with van der Waals surface area (Å²) in [6.45, 7) is 3.80. The van der Waals surface area contributed by atoms with Gasteiger partial charge in [0.25, 0.3) is 10.0 Å². The van der Waals surface area contributed by atoms with Gasteiger partial charge in [0, 0.05) is 26.7 Å². The van der Waals surface area contributed by atoms with Crippen LogP contribution in [0.5, 0.6) is 0 Å². The van der Waals surface area contributed by atoms with Crippen LogP contribution in [-0.2, 0) is 26.2 Å². The average Bonchev–Trinajstić information content (AvgIpc) is 2.93. The van der Waals surface area contributed by atoms with E-state index in [1.165, 1.54) is 17.0 Å². The molecule has 0 aromatic heterocycles. The molecule has 0 fully saturated rings. The van der Waals surface area contributed by atoms with E-state index >= 15 is 0 Å². The van der Waals surface area contributed by atoms with E-state index < -0.39 is 28.5 Å². The van der Waals surface area contributed by atoms with E-state index in [1.807, 2.05) is 13.8 Å². The number of anilines is 1. The Kier molecular flexibility index (Phi) is 12.1. The molecule has 0 saturated heterocycles. The van der Waals surface area contributed by atoms with Crippen LogP contribution in [0.2, 0.25) is 10.0 Å². The molecule has 0 bridgehead atoms. The molecule has 1 atom stereocenters. The van der Waals surface area contributed by atoms with E-state index in [1.54, 1.807) is 60.7 Å². The van der Waals surface area contributed by atoms with E-state index in [2.05, 4.69) is 27.9 Å². The molecule has 0 aliphatic rings. The summed E-state index contributed by atoms with van der Waals surface area (Å²) < 4.78 is 29.6. The second kappa shape index (κ2) is 15.0. The summed E-state index contributed by atoms with van der Waals surface area (Å²) in [7, 11) is -4.11. The van der Waals surface area contributed by atoms with Gasteiger partial charge in [-0.25, -0.2) is 8.42 Å². The number of nitrogens with one attached hydrogen (secondary N) is 1. The van der Waals surface area contributed by atoms with Crippen molar-refractivity contribution in [2.75, 3.05) is 17.4 Å². The Bertz CT molecular complexity index is 1410. The molecule has 11 heteroatoms. The van der Waals surface area contributed by atoms with Crippen molar-refractivity contribution in [3.8, 4) is 0 Å². The first-order valence-electron chi connectivity index (χ1n) is 12.9. The normalized spacial score (nSPS) is 12.0. The second-order valence-electron chi connectivity index (χ2n) is 9.13. The number of amides is 2. The zero-order valence-corrected chi connectivity index (χ0v) is 26.8. The van der Waals surface area contributed by atoms with Gasteiger partial charge in [0.05, 0.1) is 10.6 Å². The lowest BCUT2D eigenvalue weighted by molar-refractivity contribution is -0.140. The van der Waals surface area contributed by atoms with Crippen LogP contribution in [-0.4, -0.2) is 44.3 Å². The standard InChI is InChI=1S/C29H32Cl2IN3O4S/c1-3-5-17-33-29(37)27(4-2)34(19-21-11-12-22(30)18-26(21)31)28(36)20-35(24-15-13-23(32)14-16-24)40(38,39)25-9-7-6-8-10-25/h6-16,18,27H,3-5,17,19-20H2,1-2H3,(H,33,37)/t27-/m1/s1. The van der Waals surface area contributed by atoms with Gasteiger partial charge in [0.1, 0.15) is 12.6 Å². The highest BCUT2D eigenvalue weighted by molar-refractivity contribution is 14.1. The van der Waals surface area contributed by atoms with Gasteiger partial charge in [-0.3, -0.25) is 13.9 Å². The van der Waals surface area contributed by atoms with Crippen molar-refractivity contribution in [1.82, 2.24) is 10.2 Å². The molecule has 7 nitrogen and oxygen atoms in total. The highest BCUT2D eigenvalue weighted by Crippen LogP contribution is 2.27. The van der Waals surface area contributed by atoms with Crippen LogP contribution in [0.4, 0.5) is 5.69 Å². The van der Waals surface area contributed by atoms with Gasteiger partial charge >= 0.3 is 0 Å². The molecular weight excluding hydrogens is 684 g/mol. The number of benzene rings is 3. The first-order chi connectivity index (χ1) is 19.1. The third kappa shape index (κ3) is 8.34. The topological polar surface area (TPSA) is 86.8 Å². The zero-order valence-electron chi connectivity index (χ0n) is 22.3. The third-order valence-corrected chi connectivity index (χ3v) is 9.39. The van der Waals surface area contributed by atoms with Crippen LogP contribution in [0, 0.1) is 3.57 Å². The first-order valence-corrected chi connectivity index (χ1v) is 16.2. The van der Waals surface area contributed by atoms with Gasteiger partial charge in [-0.2, -0.15) is 0 Å². The van der Waals surface area contributed by atoms with Gasteiger partial charge < -0.3 is 10.2 Å². The van der Waals surface area contributed by atoms with Gasteiger partial charge in [-0.05, 0) is 89.5 Å². The van der Waals surface area contributed by atoms with Crippen LogP contribution in [0.1, 0.15) is 38.7 Å². The number of sulfonamides is 1. The van der Waals surface area contributed by atoms with Crippen LogP contribution < -0.4 is 9.62 Å². The molecule has 0 unspecified atom stereocenters. The van der Waals surface area contributed by atoms with Crippen molar-refractivity contribution >= 4 is 73.3 Å². The number of carbonyl (C=O) groups excluding carboxylic acids is 2. The lowest BCUT2D eigenvalue weighted by Gasteiger charge is -2.33. The fourth-order valence-corrected chi connectivity index (χ4v) is 6.38. The van der Waals surface area contributed by atoms with E-state index in [0.29, 0.717) is 34.3 Å². The van der Waals surface area contributed by atoms with Crippen molar-refractivity contribution in [2.45, 2.75) is 50.6 Å². The van der Waals surface area contributed by atoms with Crippen LogP contribution in [0.25, 0.3) is 0 Å². The number of halogens is 3. The molecule has 0 spiro atoms. The Morgan fingerprint density at radius 1 is 0.975 bits per heavy atom. The molecule has 214 valence electrons. The number of hydrogen-bond acceptors (Lipinski definition) is 4. The van der Waals surface area contributed by atoms with Crippen molar-refractivity contribution in [2.24, 2.45) is 0 Å². The molecular formula is C29H32Cl2IN3O4S. The minimum atomic E-state index is -4.11. The average molecular weight is 716 g/mol. The third-order valence-electron chi connectivity index (χ3n) is 6.30. The van der Waals surface area contributed by atoms with Crippen molar-refractivity contribution in [3.63, 3.8) is 0 Å². The largest absolute Gasteiger partial charge is 0.354 e. The van der Waals surface area contributed by atoms with Crippen LogP contribution in [0.15, 0.2) is 77.7 Å². The maximum absolute atomic E-state index is 14.1. The molecule has 1 N–H and O–H groups in total. The van der Waals surface area contributed by atoms with E-state index in [4.69, 9.17) is 23.2 Å². The summed E-state index contributed by atoms with van der Waals surface area (Å²) in [5.41, 5.74) is 0.925. The number of carbonyl (C=O) groups is 2. The Labute approximate surface area is 260 Å². The van der Waals surface area contributed by atoms with E-state index in [9.17, 15) is 18.0 Å². The molecule has 0 aliphatic heterocycles. The number of nitrogens with zero attached hydrogens (tertiary/aromatic N) is 2. The molecule has 0 saturated carbocycles. The summed E-state index contributed by atoms with van der Waals surface area (Å²) in [6.07, 6.45) is 2.03. The van der Waals surface area contributed by atoms with E-state index in [-0.39, 0.29) is 17.3 Å². The predicted molar refractivity (Wildman–Crippen MR) is 169 cm³/mol. The van der Waals surface area contributed by atoms with Gasteiger partial charge in [0.2, 0.25) is 11.8 Å².